The van der Waals surface area contributed by atoms with Crippen LogP contribution in [-0.4, -0.2) is 16.9 Å². The van der Waals surface area contributed by atoms with E-state index in [-0.39, 0.29) is 17.8 Å². The van der Waals surface area contributed by atoms with Gasteiger partial charge in [0.1, 0.15) is 12.2 Å². The standard InChI is InChI=1S/C23H18N2O5/c1-13-21-18(16(11-24-13)12-29-14(2)26)10-19(23(28)30-21)22(27)25-20-9-5-7-15-6-3-4-8-17(15)20/h3-11H,12H2,1-2H3,(H,25,27). The van der Waals surface area contributed by atoms with Gasteiger partial charge in [-0.25, -0.2) is 4.79 Å². The van der Waals surface area contributed by atoms with Gasteiger partial charge in [0, 0.05) is 35.1 Å². The van der Waals surface area contributed by atoms with Crippen LogP contribution in [0.4, 0.5) is 5.69 Å². The third kappa shape index (κ3) is 3.65. The van der Waals surface area contributed by atoms with Crippen molar-refractivity contribution in [3.63, 3.8) is 0 Å². The van der Waals surface area contributed by atoms with Crippen molar-refractivity contribution < 1.29 is 18.7 Å². The molecule has 7 nitrogen and oxygen atoms in total. The number of amides is 1. The number of nitrogens with one attached hydrogen (secondary N) is 1. The number of carbonyl (C=O) groups is 2. The molecule has 7 heteroatoms. The molecule has 0 fully saturated rings. The minimum Gasteiger partial charge on any atom is -0.461 e. The highest BCUT2D eigenvalue weighted by Gasteiger charge is 2.18. The van der Waals surface area contributed by atoms with E-state index in [9.17, 15) is 14.4 Å². The summed E-state index contributed by atoms with van der Waals surface area (Å²) in [4.78, 5) is 40.8. The maximum absolute atomic E-state index is 12.9. The lowest BCUT2D eigenvalue weighted by molar-refractivity contribution is -0.142. The van der Waals surface area contributed by atoms with Gasteiger partial charge in [0.25, 0.3) is 5.91 Å². The highest BCUT2D eigenvalue weighted by Crippen LogP contribution is 2.25. The number of aromatic nitrogens is 1. The van der Waals surface area contributed by atoms with Gasteiger partial charge in [-0.2, -0.15) is 0 Å². The van der Waals surface area contributed by atoms with E-state index in [1.807, 2.05) is 36.4 Å². The average molecular weight is 402 g/mol. The van der Waals surface area contributed by atoms with E-state index in [4.69, 9.17) is 9.15 Å². The zero-order chi connectivity index (χ0) is 21.3. The molecule has 0 saturated heterocycles. The second-order valence-corrected chi connectivity index (χ2v) is 6.82. The first kappa shape index (κ1) is 19.3. The number of hydrogen-bond donors (Lipinski definition) is 1. The maximum Gasteiger partial charge on any atom is 0.349 e. The Morgan fingerprint density at radius 2 is 1.87 bits per heavy atom. The van der Waals surface area contributed by atoms with Gasteiger partial charge in [-0.15, -0.1) is 0 Å². The summed E-state index contributed by atoms with van der Waals surface area (Å²) in [5.41, 5.74) is 0.957. The first-order chi connectivity index (χ1) is 14.4. The van der Waals surface area contributed by atoms with Crippen LogP contribution in [-0.2, 0) is 16.1 Å². The van der Waals surface area contributed by atoms with Crippen molar-refractivity contribution in [2.45, 2.75) is 20.5 Å². The van der Waals surface area contributed by atoms with Gasteiger partial charge in [0.15, 0.2) is 5.58 Å². The van der Waals surface area contributed by atoms with Crippen molar-refractivity contribution in [1.82, 2.24) is 4.98 Å². The third-order valence-electron chi connectivity index (χ3n) is 4.75. The van der Waals surface area contributed by atoms with Gasteiger partial charge in [-0.1, -0.05) is 36.4 Å². The normalized spacial score (nSPS) is 10.9. The summed E-state index contributed by atoms with van der Waals surface area (Å²) in [5.74, 6) is -1.04. The number of aryl methyl sites for hydroxylation is 1. The van der Waals surface area contributed by atoms with Crippen LogP contribution in [0.3, 0.4) is 0 Å². The lowest BCUT2D eigenvalue weighted by Crippen LogP contribution is -2.21. The molecule has 0 saturated carbocycles. The van der Waals surface area contributed by atoms with E-state index < -0.39 is 17.5 Å². The van der Waals surface area contributed by atoms with Crippen LogP contribution in [0.25, 0.3) is 21.7 Å². The quantitative estimate of drug-likeness (QED) is 0.519. The van der Waals surface area contributed by atoms with Crippen LogP contribution in [0.2, 0.25) is 0 Å². The van der Waals surface area contributed by atoms with Crippen molar-refractivity contribution >= 4 is 39.3 Å². The number of rotatable bonds is 4. The van der Waals surface area contributed by atoms with Crippen molar-refractivity contribution in [2.24, 2.45) is 0 Å². The smallest absolute Gasteiger partial charge is 0.349 e. The fourth-order valence-corrected chi connectivity index (χ4v) is 3.26. The van der Waals surface area contributed by atoms with Crippen molar-refractivity contribution in [2.75, 3.05) is 5.32 Å². The average Bonchev–Trinajstić information content (AvgIpc) is 2.73. The van der Waals surface area contributed by atoms with Gasteiger partial charge in [0.05, 0.1) is 5.69 Å². The SMILES string of the molecule is CC(=O)OCc1cnc(C)c2oc(=O)c(C(=O)Nc3cccc4ccccc34)cc12. The largest absolute Gasteiger partial charge is 0.461 e. The topological polar surface area (TPSA) is 98.5 Å². The summed E-state index contributed by atoms with van der Waals surface area (Å²) >= 11 is 0. The number of carbonyl (C=O) groups excluding carboxylic acids is 2. The van der Waals surface area contributed by atoms with Gasteiger partial charge >= 0.3 is 11.6 Å². The highest BCUT2D eigenvalue weighted by molar-refractivity contribution is 6.10. The molecule has 0 bridgehead atoms. The lowest BCUT2D eigenvalue weighted by Gasteiger charge is -2.10. The fourth-order valence-electron chi connectivity index (χ4n) is 3.26. The van der Waals surface area contributed by atoms with Gasteiger partial charge < -0.3 is 14.5 Å². The summed E-state index contributed by atoms with van der Waals surface area (Å²) in [6.45, 7) is 2.95. The van der Waals surface area contributed by atoms with Crippen LogP contribution in [0.15, 0.2) is 63.9 Å². The van der Waals surface area contributed by atoms with Crippen LogP contribution < -0.4 is 10.9 Å². The zero-order valence-corrected chi connectivity index (χ0v) is 16.4. The highest BCUT2D eigenvalue weighted by atomic mass is 16.5. The number of fused-ring (bicyclic) bond motifs is 2. The Morgan fingerprint density at radius 3 is 2.67 bits per heavy atom. The summed E-state index contributed by atoms with van der Waals surface area (Å²) in [7, 11) is 0. The number of pyridine rings is 1. The Balaban J connectivity index is 1.77. The zero-order valence-electron chi connectivity index (χ0n) is 16.4. The van der Waals surface area contributed by atoms with Gasteiger partial charge in [0.2, 0.25) is 0 Å². The summed E-state index contributed by atoms with van der Waals surface area (Å²) in [6.07, 6.45) is 1.53. The van der Waals surface area contributed by atoms with Gasteiger partial charge in [-0.3, -0.25) is 14.6 Å². The van der Waals surface area contributed by atoms with E-state index in [1.54, 1.807) is 13.0 Å². The third-order valence-corrected chi connectivity index (χ3v) is 4.75. The molecule has 2 aromatic carbocycles. The molecule has 30 heavy (non-hydrogen) atoms. The molecule has 0 unspecified atom stereocenters. The monoisotopic (exact) mass is 402 g/mol. The Morgan fingerprint density at radius 1 is 1.10 bits per heavy atom. The van der Waals surface area contributed by atoms with Crippen molar-refractivity contribution in [3.8, 4) is 0 Å². The number of anilines is 1. The number of nitrogens with zero attached hydrogens (tertiary/aromatic N) is 1. The summed E-state index contributed by atoms with van der Waals surface area (Å²) < 4.78 is 10.4. The molecule has 2 aromatic heterocycles. The van der Waals surface area contributed by atoms with Crippen LogP contribution in [0.5, 0.6) is 0 Å². The Labute approximate surface area is 171 Å². The fraction of sp³-hybridized carbons (Fsp3) is 0.130. The molecule has 1 amide bonds. The minimum atomic E-state index is -0.769. The first-order valence-electron chi connectivity index (χ1n) is 9.29. The lowest BCUT2D eigenvalue weighted by atomic mass is 10.1. The molecule has 2 heterocycles. The second-order valence-electron chi connectivity index (χ2n) is 6.82. The number of benzene rings is 2. The molecule has 4 rings (SSSR count). The van der Waals surface area contributed by atoms with Crippen LogP contribution in [0.1, 0.15) is 28.5 Å². The first-order valence-corrected chi connectivity index (χ1v) is 9.29. The predicted octanol–water partition coefficient (Wildman–Crippen LogP) is 3.97. The van der Waals surface area contributed by atoms with Crippen LogP contribution >= 0.6 is 0 Å². The maximum atomic E-state index is 12.9. The molecule has 0 aliphatic rings. The molecule has 0 spiro atoms. The van der Waals surface area contributed by atoms with E-state index in [0.717, 1.165) is 10.8 Å². The Hall–Kier alpha value is -4.00. The number of esters is 1. The van der Waals surface area contributed by atoms with E-state index in [1.165, 1.54) is 19.2 Å². The van der Waals surface area contributed by atoms with Crippen LogP contribution in [0, 0.1) is 6.92 Å². The minimum absolute atomic E-state index is 0.0444. The van der Waals surface area contributed by atoms with E-state index in [0.29, 0.717) is 22.3 Å². The summed E-state index contributed by atoms with van der Waals surface area (Å²) in [6, 6.07) is 14.6. The molecule has 0 aliphatic heterocycles. The number of ether oxygens (including phenoxy) is 1. The molecule has 0 atom stereocenters. The number of hydrogen-bond acceptors (Lipinski definition) is 6. The second kappa shape index (κ2) is 7.79. The molecule has 4 aromatic rings. The van der Waals surface area contributed by atoms with Crippen molar-refractivity contribution in [3.05, 3.63) is 82.0 Å². The molecular weight excluding hydrogens is 384 g/mol. The van der Waals surface area contributed by atoms with Gasteiger partial charge in [-0.05, 0) is 24.4 Å². The predicted molar refractivity (Wildman–Crippen MR) is 112 cm³/mol. The molecule has 1 N–H and O–H groups in total. The molecule has 0 aliphatic carbocycles. The molecule has 0 radical (unpaired) electrons. The van der Waals surface area contributed by atoms with Crippen molar-refractivity contribution in [1.29, 1.82) is 0 Å². The molecule has 150 valence electrons. The van der Waals surface area contributed by atoms with E-state index in [2.05, 4.69) is 10.3 Å². The Bertz CT molecular complexity index is 1350. The molecular formula is C23H18N2O5. The van der Waals surface area contributed by atoms with E-state index >= 15 is 0 Å². The summed E-state index contributed by atoms with van der Waals surface area (Å²) in [5, 5.41) is 5.10. The Kier molecular flexibility index (Phi) is 5.02.